The molecule has 0 radical (unpaired) electrons. The van der Waals surface area contributed by atoms with Crippen molar-refractivity contribution in [2.75, 3.05) is 20.3 Å². The van der Waals surface area contributed by atoms with E-state index in [1.165, 1.54) is 10.4 Å². The van der Waals surface area contributed by atoms with E-state index < -0.39 is 10.0 Å². The topological polar surface area (TPSA) is 72.6 Å². The highest BCUT2D eigenvalue weighted by Crippen LogP contribution is 2.19. The molecule has 20 heavy (non-hydrogen) atoms. The summed E-state index contributed by atoms with van der Waals surface area (Å²) in [5.41, 5.74) is 6.08. The largest absolute Gasteiger partial charge is 0.389 e. The normalized spacial score (nSPS) is 13.4. The molecule has 1 unspecified atom stereocenters. The van der Waals surface area contributed by atoms with Crippen molar-refractivity contribution in [3.8, 4) is 0 Å². The van der Waals surface area contributed by atoms with Gasteiger partial charge < -0.3 is 10.5 Å². The van der Waals surface area contributed by atoms with Crippen LogP contribution in [0.1, 0.15) is 19.4 Å². The second-order valence-corrected chi connectivity index (χ2v) is 6.74. The van der Waals surface area contributed by atoms with Crippen LogP contribution in [-0.4, -0.2) is 44.0 Å². The third kappa shape index (κ3) is 3.76. The maximum Gasteiger partial charge on any atom is 0.243 e. The first kappa shape index (κ1) is 17.0. The van der Waals surface area contributed by atoms with Gasteiger partial charge in [-0.25, -0.2) is 8.42 Å². The molecule has 0 heterocycles. The van der Waals surface area contributed by atoms with Crippen LogP contribution in [0.4, 0.5) is 0 Å². The predicted octanol–water partition coefficient (Wildman–Crippen LogP) is 1.37. The van der Waals surface area contributed by atoms with Crippen LogP contribution in [0.2, 0.25) is 0 Å². The Morgan fingerprint density at radius 1 is 1.50 bits per heavy atom. The van der Waals surface area contributed by atoms with Crippen LogP contribution in [0.25, 0.3) is 0 Å². The number of nitrogens with zero attached hydrogens (tertiary/aromatic N) is 1. The Balaban J connectivity index is 3.20. The van der Waals surface area contributed by atoms with Crippen molar-refractivity contribution in [1.29, 1.82) is 0 Å². The Morgan fingerprint density at radius 3 is 2.65 bits per heavy atom. The molecule has 0 fully saturated rings. The first-order chi connectivity index (χ1) is 9.34. The van der Waals surface area contributed by atoms with Gasteiger partial charge in [-0.1, -0.05) is 31.3 Å². The highest BCUT2D eigenvalue weighted by atomic mass is 32.2. The zero-order chi connectivity index (χ0) is 15.3. The summed E-state index contributed by atoms with van der Waals surface area (Å²) in [5, 5.41) is 0. The number of ether oxygens (including phenoxy) is 1. The lowest BCUT2D eigenvalue weighted by molar-refractivity contribution is 0.142. The Labute approximate surface area is 125 Å². The van der Waals surface area contributed by atoms with Crippen molar-refractivity contribution >= 4 is 27.2 Å². The number of sulfonamides is 1. The second-order valence-electron chi connectivity index (χ2n) is 4.40. The predicted molar refractivity (Wildman–Crippen MR) is 83.2 cm³/mol. The van der Waals surface area contributed by atoms with E-state index in [9.17, 15) is 8.42 Å². The second kappa shape index (κ2) is 7.12. The molecule has 0 aliphatic carbocycles. The van der Waals surface area contributed by atoms with Gasteiger partial charge in [-0.2, -0.15) is 4.31 Å². The van der Waals surface area contributed by atoms with Crippen molar-refractivity contribution in [3.63, 3.8) is 0 Å². The van der Waals surface area contributed by atoms with E-state index in [1.54, 1.807) is 32.2 Å². The minimum atomic E-state index is -3.59. The number of nitrogens with two attached hydrogens (primary N) is 1. The molecule has 2 N–H and O–H groups in total. The molecule has 0 bridgehead atoms. The van der Waals surface area contributed by atoms with Gasteiger partial charge in [-0.05, 0) is 19.1 Å². The number of methoxy groups -OCH3 is 1. The van der Waals surface area contributed by atoms with E-state index in [4.69, 9.17) is 22.7 Å². The number of rotatable bonds is 7. The minimum Gasteiger partial charge on any atom is -0.389 e. The summed E-state index contributed by atoms with van der Waals surface area (Å²) in [7, 11) is -2.04. The Bertz CT molecular complexity index is 573. The van der Waals surface area contributed by atoms with Crippen LogP contribution in [0.3, 0.4) is 0 Å². The van der Waals surface area contributed by atoms with Crippen LogP contribution in [0, 0.1) is 0 Å². The van der Waals surface area contributed by atoms with Gasteiger partial charge in [0.05, 0.1) is 11.5 Å². The quantitative estimate of drug-likeness (QED) is 0.769. The number of thiocarbonyl (C=S) groups is 1. The van der Waals surface area contributed by atoms with E-state index >= 15 is 0 Å². The molecule has 0 saturated carbocycles. The van der Waals surface area contributed by atoms with Crippen molar-refractivity contribution in [2.24, 2.45) is 5.73 Å². The maximum atomic E-state index is 12.6. The fourth-order valence-corrected chi connectivity index (χ4v) is 3.79. The molecule has 1 rings (SSSR count). The first-order valence-corrected chi connectivity index (χ1v) is 8.10. The Morgan fingerprint density at radius 2 is 2.15 bits per heavy atom. The summed E-state index contributed by atoms with van der Waals surface area (Å²) < 4.78 is 31.7. The van der Waals surface area contributed by atoms with E-state index in [0.717, 1.165) is 0 Å². The average Bonchev–Trinajstić information content (AvgIpc) is 2.39. The molecule has 0 aliphatic heterocycles. The molecule has 0 aliphatic rings. The lowest BCUT2D eigenvalue weighted by atomic mass is 10.2. The SMILES string of the molecule is CCN(C(C)COC)S(=O)(=O)c1cccc(C(N)=S)c1. The molecule has 0 saturated heterocycles. The van der Waals surface area contributed by atoms with Crippen LogP contribution < -0.4 is 5.73 Å². The van der Waals surface area contributed by atoms with Crippen LogP contribution in [-0.2, 0) is 14.8 Å². The molecule has 5 nitrogen and oxygen atoms in total. The number of benzene rings is 1. The number of hydrogen-bond donors (Lipinski definition) is 1. The fourth-order valence-electron chi connectivity index (χ4n) is 1.99. The first-order valence-electron chi connectivity index (χ1n) is 6.25. The van der Waals surface area contributed by atoms with Crippen molar-refractivity contribution < 1.29 is 13.2 Å². The van der Waals surface area contributed by atoms with E-state index in [0.29, 0.717) is 18.7 Å². The summed E-state index contributed by atoms with van der Waals surface area (Å²) in [5.74, 6) is 0. The third-order valence-electron chi connectivity index (χ3n) is 2.94. The summed E-state index contributed by atoms with van der Waals surface area (Å²) in [6.07, 6.45) is 0. The Kier molecular flexibility index (Phi) is 6.07. The van der Waals surface area contributed by atoms with E-state index in [-0.39, 0.29) is 15.9 Å². The molecular formula is C13H20N2O3S2. The molecule has 0 amide bonds. The van der Waals surface area contributed by atoms with Gasteiger partial charge in [0.25, 0.3) is 0 Å². The van der Waals surface area contributed by atoms with E-state index in [1.807, 2.05) is 6.92 Å². The molecule has 112 valence electrons. The molecular weight excluding hydrogens is 296 g/mol. The maximum absolute atomic E-state index is 12.6. The van der Waals surface area contributed by atoms with Crippen LogP contribution in [0.5, 0.6) is 0 Å². The van der Waals surface area contributed by atoms with Gasteiger partial charge >= 0.3 is 0 Å². The summed E-state index contributed by atoms with van der Waals surface area (Å²) >= 11 is 4.88. The number of likely N-dealkylation sites (N-methyl/N-ethyl adjacent to an activating group) is 1. The molecule has 0 spiro atoms. The standard InChI is InChI=1S/C13H20N2O3S2/c1-4-15(10(2)9-18-3)20(16,17)12-7-5-6-11(8-12)13(14)19/h5-8,10H,4,9H2,1-3H3,(H2,14,19). The van der Waals surface area contributed by atoms with Gasteiger partial charge in [-0.15, -0.1) is 0 Å². The lowest BCUT2D eigenvalue weighted by Crippen LogP contribution is -2.40. The highest BCUT2D eigenvalue weighted by molar-refractivity contribution is 7.89. The zero-order valence-electron chi connectivity index (χ0n) is 11.9. The monoisotopic (exact) mass is 316 g/mol. The van der Waals surface area contributed by atoms with E-state index in [2.05, 4.69) is 0 Å². The fraction of sp³-hybridized carbons (Fsp3) is 0.462. The van der Waals surface area contributed by atoms with Crippen molar-refractivity contribution in [3.05, 3.63) is 29.8 Å². The summed E-state index contributed by atoms with van der Waals surface area (Å²) in [6.45, 7) is 4.30. The summed E-state index contributed by atoms with van der Waals surface area (Å²) in [4.78, 5) is 0.364. The zero-order valence-corrected chi connectivity index (χ0v) is 13.5. The van der Waals surface area contributed by atoms with Crippen LogP contribution >= 0.6 is 12.2 Å². The average molecular weight is 316 g/mol. The van der Waals surface area contributed by atoms with Crippen LogP contribution in [0.15, 0.2) is 29.2 Å². The smallest absolute Gasteiger partial charge is 0.243 e. The highest BCUT2D eigenvalue weighted by Gasteiger charge is 2.27. The molecule has 1 aromatic carbocycles. The van der Waals surface area contributed by atoms with Gasteiger partial charge in [0.2, 0.25) is 10.0 Å². The number of hydrogen-bond acceptors (Lipinski definition) is 4. The van der Waals surface area contributed by atoms with Gasteiger partial charge in [0.15, 0.2) is 0 Å². The van der Waals surface area contributed by atoms with Gasteiger partial charge in [-0.3, -0.25) is 0 Å². The van der Waals surface area contributed by atoms with Gasteiger partial charge in [0, 0.05) is 25.3 Å². The molecule has 7 heteroatoms. The summed E-state index contributed by atoms with van der Waals surface area (Å²) in [6, 6.07) is 6.12. The lowest BCUT2D eigenvalue weighted by Gasteiger charge is -2.26. The van der Waals surface area contributed by atoms with Crippen molar-refractivity contribution in [1.82, 2.24) is 4.31 Å². The molecule has 0 aromatic heterocycles. The van der Waals surface area contributed by atoms with Gasteiger partial charge in [0.1, 0.15) is 4.99 Å². The third-order valence-corrected chi connectivity index (χ3v) is 5.26. The van der Waals surface area contributed by atoms with Crippen molar-refractivity contribution in [2.45, 2.75) is 24.8 Å². The molecule has 1 aromatic rings. The Hall–Kier alpha value is -1.02. The molecule has 1 atom stereocenters. The minimum absolute atomic E-state index is 0.176.